The molecular formula is C12H10BrNO2S. The summed E-state index contributed by atoms with van der Waals surface area (Å²) in [6.45, 7) is 0. The van der Waals surface area contributed by atoms with Crippen LogP contribution in [0.1, 0.15) is 10.4 Å². The van der Waals surface area contributed by atoms with Crippen LogP contribution in [0.2, 0.25) is 0 Å². The monoisotopic (exact) mass is 311 g/mol. The number of rotatable bonds is 3. The summed E-state index contributed by atoms with van der Waals surface area (Å²) in [7, 11) is 1.62. The summed E-state index contributed by atoms with van der Waals surface area (Å²) in [5, 5.41) is 14.5. The smallest absolute Gasteiger partial charge is 0.128 e. The van der Waals surface area contributed by atoms with E-state index in [2.05, 4.69) is 21.1 Å². The molecule has 88 valence electrons. The van der Waals surface area contributed by atoms with Crippen molar-refractivity contribution in [2.45, 2.75) is 0 Å². The number of thiophene rings is 1. The Hall–Kier alpha value is -1.33. The first-order chi connectivity index (χ1) is 8.26. The molecule has 0 fully saturated rings. The first-order valence-electron chi connectivity index (χ1n) is 4.86. The van der Waals surface area contributed by atoms with Crippen molar-refractivity contribution in [3.8, 4) is 5.75 Å². The lowest BCUT2D eigenvalue weighted by molar-refractivity contribution is 0.319. The van der Waals surface area contributed by atoms with Crippen LogP contribution in [0.4, 0.5) is 0 Å². The van der Waals surface area contributed by atoms with Gasteiger partial charge in [0.1, 0.15) is 11.5 Å². The Morgan fingerprint density at radius 1 is 1.29 bits per heavy atom. The molecule has 2 rings (SSSR count). The lowest BCUT2D eigenvalue weighted by Gasteiger charge is -2.04. The zero-order valence-corrected chi connectivity index (χ0v) is 11.5. The Balaban J connectivity index is 2.40. The normalized spacial score (nSPS) is 11.5. The molecule has 0 amide bonds. The fraction of sp³-hybridized carbons (Fsp3) is 0.0833. The maximum Gasteiger partial charge on any atom is 0.128 e. The molecule has 0 bridgehead atoms. The summed E-state index contributed by atoms with van der Waals surface area (Å²) in [6.07, 6.45) is 0. The van der Waals surface area contributed by atoms with E-state index in [1.807, 2.05) is 35.7 Å². The Kier molecular flexibility index (Phi) is 3.81. The summed E-state index contributed by atoms with van der Waals surface area (Å²) >= 11 is 4.95. The molecular weight excluding hydrogens is 302 g/mol. The molecule has 1 aromatic heterocycles. The molecule has 1 heterocycles. The maximum atomic E-state index is 9.14. The third-order valence-corrected chi connectivity index (χ3v) is 4.14. The molecule has 0 aliphatic rings. The van der Waals surface area contributed by atoms with Crippen molar-refractivity contribution in [2.75, 3.05) is 7.11 Å². The minimum Gasteiger partial charge on any atom is -0.497 e. The highest BCUT2D eigenvalue weighted by molar-refractivity contribution is 9.10. The van der Waals surface area contributed by atoms with Gasteiger partial charge in [-0.2, -0.15) is 0 Å². The highest BCUT2D eigenvalue weighted by Gasteiger charge is 2.12. The molecule has 1 N–H and O–H groups in total. The van der Waals surface area contributed by atoms with Crippen molar-refractivity contribution >= 4 is 33.0 Å². The lowest BCUT2D eigenvalue weighted by Crippen LogP contribution is -2.01. The molecule has 0 atom stereocenters. The number of hydrogen-bond donors (Lipinski definition) is 1. The number of halogens is 1. The summed E-state index contributed by atoms with van der Waals surface area (Å²) in [5.74, 6) is 0.774. The van der Waals surface area contributed by atoms with Crippen molar-refractivity contribution in [3.63, 3.8) is 0 Å². The van der Waals surface area contributed by atoms with Crippen molar-refractivity contribution in [2.24, 2.45) is 5.16 Å². The van der Waals surface area contributed by atoms with Gasteiger partial charge in [0.2, 0.25) is 0 Å². The molecule has 3 nitrogen and oxygen atoms in total. The zero-order valence-electron chi connectivity index (χ0n) is 9.05. The van der Waals surface area contributed by atoms with Gasteiger partial charge >= 0.3 is 0 Å². The first kappa shape index (κ1) is 12.1. The zero-order chi connectivity index (χ0) is 12.3. The van der Waals surface area contributed by atoms with Crippen LogP contribution in [0.25, 0.3) is 0 Å². The van der Waals surface area contributed by atoms with E-state index in [0.717, 1.165) is 20.7 Å². The van der Waals surface area contributed by atoms with Crippen LogP contribution in [0, 0.1) is 0 Å². The van der Waals surface area contributed by atoms with Gasteiger partial charge in [-0.15, -0.1) is 11.3 Å². The quantitative estimate of drug-likeness (QED) is 0.533. The van der Waals surface area contributed by atoms with Gasteiger partial charge < -0.3 is 9.94 Å². The average molecular weight is 312 g/mol. The van der Waals surface area contributed by atoms with E-state index < -0.39 is 0 Å². The van der Waals surface area contributed by atoms with E-state index >= 15 is 0 Å². The molecule has 5 heteroatoms. The Morgan fingerprint density at radius 3 is 2.47 bits per heavy atom. The predicted octanol–water partition coefficient (Wildman–Crippen LogP) is 3.75. The van der Waals surface area contributed by atoms with E-state index in [-0.39, 0.29) is 0 Å². The third-order valence-electron chi connectivity index (χ3n) is 2.30. The standard InChI is InChI=1S/C12H10BrNO2S/c1-16-9-4-2-8(3-5-9)11(14-15)12-10(13)6-7-17-12/h2-7,15H,1H3. The van der Waals surface area contributed by atoms with Crippen LogP contribution in [0.3, 0.4) is 0 Å². The predicted molar refractivity (Wildman–Crippen MR) is 72.4 cm³/mol. The molecule has 0 saturated heterocycles. The van der Waals surface area contributed by atoms with Crippen molar-refractivity contribution < 1.29 is 9.94 Å². The van der Waals surface area contributed by atoms with E-state index in [0.29, 0.717) is 5.71 Å². The van der Waals surface area contributed by atoms with Crippen LogP contribution in [-0.2, 0) is 0 Å². The highest BCUT2D eigenvalue weighted by atomic mass is 79.9. The molecule has 1 aromatic carbocycles. The Labute approximate surface area is 111 Å². The van der Waals surface area contributed by atoms with E-state index in [4.69, 9.17) is 9.94 Å². The molecule has 0 radical (unpaired) electrons. The summed E-state index contributed by atoms with van der Waals surface area (Å²) < 4.78 is 6.01. The molecule has 0 aliphatic carbocycles. The average Bonchev–Trinajstić information content (AvgIpc) is 2.78. The lowest BCUT2D eigenvalue weighted by atomic mass is 10.1. The molecule has 0 spiro atoms. The van der Waals surface area contributed by atoms with Gasteiger partial charge in [0, 0.05) is 10.0 Å². The van der Waals surface area contributed by atoms with E-state index in [9.17, 15) is 0 Å². The van der Waals surface area contributed by atoms with Crippen molar-refractivity contribution in [1.29, 1.82) is 0 Å². The minimum atomic E-state index is 0.550. The number of hydrogen-bond acceptors (Lipinski definition) is 4. The molecule has 17 heavy (non-hydrogen) atoms. The van der Waals surface area contributed by atoms with Crippen LogP contribution in [0.15, 0.2) is 45.3 Å². The number of nitrogens with zero attached hydrogens (tertiary/aromatic N) is 1. The number of methoxy groups -OCH3 is 1. The maximum absolute atomic E-state index is 9.14. The first-order valence-corrected chi connectivity index (χ1v) is 6.53. The Morgan fingerprint density at radius 2 is 2.00 bits per heavy atom. The van der Waals surface area contributed by atoms with Gasteiger partial charge in [0.25, 0.3) is 0 Å². The molecule has 0 aliphatic heterocycles. The number of ether oxygens (including phenoxy) is 1. The second kappa shape index (κ2) is 5.33. The Bertz CT molecular complexity index is 534. The van der Waals surface area contributed by atoms with Crippen LogP contribution < -0.4 is 4.74 Å². The van der Waals surface area contributed by atoms with Crippen molar-refractivity contribution in [3.05, 3.63) is 50.6 Å². The van der Waals surface area contributed by atoms with E-state index in [1.54, 1.807) is 7.11 Å². The van der Waals surface area contributed by atoms with Gasteiger partial charge in [0.05, 0.1) is 12.0 Å². The molecule has 0 saturated carbocycles. The fourth-order valence-corrected chi connectivity index (χ4v) is 3.01. The van der Waals surface area contributed by atoms with Gasteiger partial charge in [-0.1, -0.05) is 5.16 Å². The molecule has 2 aromatic rings. The highest BCUT2D eigenvalue weighted by Crippen LogP contribution is 2.26. The summed E-state index contributed by atoms with van der Waals surface area (Å²) in [4.78, 5) is 0.901. The number of oxime groups is 1. The summed E-state index contributed by atoms with van der Waals surface area (Å²) in [6, 6.07) is 9.32. The van der Waals surface area contributed by atoms with Crippen LogP contribution in [-0.4, -0.2) is 18.0 Å². The topological polar surface area (TPSA) is 41.8 Å². The fourth-order valence-electron chi connectivity index (χ4n) is 1.45. The largest absolute Gasteiger partial charge is 0.497 e. The van der Waals surface area contributed by atoms with Gasteiger partial charge in [-0.3, -0.25) is 0 Å². The number of benzene rings is 1. The third kappa shape index (κ3) is 2.50. The second-order valence-corrected chi connectivity index (χ2v) is 5.05. The minimum absolute atomic E-state index is 0.550. The van der Waals surface area contributed by atoms with Crippen LogP contribution >= 0.6 is 27.3 Å². The van der Waals surface area contributed by atoms with Gasteiger partial charge in [-0.05, 0) is 51.6 Å². The van der Waals surface area contributed by atoms with E-state index in [1.165, 1.54) is 11.3 Å². The SMILES string of the molecule is COc1ccc(C(=NO)c2sccc2Br)cc1. The van der Waals surface area contributed by atoms with Gasteiger partial charge in [0.15, 0.2) is 0 Å². The van der Waals surface area contributed by atoms with Crippen molar-refractivity contribution in [1.82, 2.24) is 0 Å². The second-order valence-electron chi connectivity index (χ2n) is 3.27. The molecule has 0 unspecified atom stereocenters. The summed E-state index contributed by atoms with van der Waals surface area (Å²) in [5.41, 5.74) is 1.39. The van der Waals surface area contributed by atoms with Crippen LogP contribution in [0.5, 0.6) is 5.75 Å². The van der Waals surface area contributed by atoms with Gasteiger partial charge in [-0.25, -0.2) is 0 Å².